The quantitative estimate of drug-likeness (QED) is 0.790. The standard InChI is InChI=1S/C21H25N3O3/c1-27-19-10-6-5-9-18(19)23-21(26)22-14-17-13-20(25)24(15-17)12-11-16-7-3-2-4-8-16/h2-10,17H,11-15H2,1H3,(H2,22,23,26). The molecule has 0 aromatic heterocycles. The maximum absolute atomic E-state index is 12.2. The lowest BCUT2D eigenvalue weighted by Gasteiger charge is -2.17. The number of likely N-dealkylation sites (tertiary alicyclic amines) is 1. The van der Waals surface area contributed by atoms with Gasteiger partial charge in [-0.25, -0.2) is 4.79 Å². The highest BCUT2D eigenvalue weighted by atomic mass is 16.5. The molecule has 2 aromatic carbocycles. The summed E-state index contributed by atoms with van der Waals surface area (Å²) in [5.41, 5.74) is 1.84. The van der Waals surface area contributed by atoms with E-state index in [9.17, 15) is 9.59 Å². The van der Waals surface area contributed by atoms with E-state index in [0.717, 1.165) is 6.42 Å². The number of rotatable bonds is 7. The van der Waals surface area contributed by atoms with Crippen LogP contribution in [0.3, 0.4) is 0 Å². The van der Waals surface area contributed by atoms with Crippen LogP contribution < -0.4 is 15.4 Å². The molecule has 1 unspecified atom stereocenters. The lowest BCUT2D eigenvalue weighted by atomic mass is 10.1. The maximum Gasteiger partial charge on any atom is 0.319 e. The highest BCUT2D eigenvalue weighted by Gasteiger charge is 2.29. The molecule has 0 radical (unpaired) electrons. The van der Waals surface area contributed by atoms with Gasteiger partial charge in [0.1, 0.15) is 5.75 Å². The molecule has 3 amide bonds. The number of para-hydroxylation sites is 2. The van der Waals surface area contributed by atoms with Crippen molar-refractivity contribution in [1.29, 1.82) is 0 Å². The number of benzene rings is 2. The van der Waals surface area contributed by atoms with Gasteiger partial charge in [0.25, 0.3) is 0 Å². The molecular weight excluding hydrogens is 342 g/mol. The molecule has 0 spiro atoms. The Morgan fingerprint density at radius 1 is 1.15 bits per heavy atom. The second-order valence-corrected chi connectivity index (χ2v) is 6.68. The summed E-state index contributed by atoms with van der Waals surface area (Å²) in [7, 11) is 1.56. The molecule has 6 nitrogen and oxygen atoms in total. The average molecular weight is 367 g/mol. The fraction of sp³-hybridized carbons (Fsp3) is 0.333. The third kappa shape index (κ3) is 5.23. The van der Waals surface area contributed by atoms with E-state index in [2.05, 4.69) is 22.8 Å². The molecule has 6 heteroatoms. The fourth-order valence-electron chi connectivity index (χ4n) is 3.27. The first-order valence-electron chi connectivity index (χ1n) is 9.15. The van der Waals surface area contributed by atoms with Gasteiger partial charge in [0.05, 0.1) is 12.8 Å². The molecule has 0 saturated carbocycles. The zero-order valence-corrected chi connectivity index (χ0v) is 15.5. The first-order chi connectivity index (χ1) is 13.2. The molecular formula is C21H25N3O3. The van der Waals surface area contributed by atoms with Crippen molar-refractivity contribution in [2.45, 2.75) is 12.8 Å². The lowest BCUT2D eigenvalue weighted by Crippen LogP contribution is -2.34. The number of ether oxygens (including phenoxy) is 1. The topological polar surface area (TPSA) is 70.7 Å². The molecule has 1 aliphatic rings. The summed E-state index contributed by atoms with van der Waals surface area (Å²) < 4.78 is 5.22. The zero-order chi connectivity index (χ0) is 19.1. The molecule has 0 bridgehead atoms. The van der Waals surface area contributed by atoms with Gasteiger partial charge in [-0.2, -0.15) is 0 Å². The monoisotopic (exact) mass is 367 g/mol. The van der Waals surface area contributed by atoms with E-state index in [4.69, 9.17) is 4.74 Å². The van der Waals surface area contributed by atoms with Crippen molar-refractivity contribution in [2.24, 2.45) is 5.92 Å². The van der Waals surface area contributed by atoms with Crippen LogP contribution in [-0.2, 0) is 11.2 Å². The predicted octanol–water partition coefficient (Wildman–Crippen LogP) is 2.91. The Morgan fingerprint density at radius 3 is 2.67 bits per heavy atom. The van der Waals surface area contributed by atoms with Crippen molar-refractivity contribution >= 4 is 17.6 Å². The van der Waals surface area contributed by atoms with Gasteiger partial charge in [0.2, 0.25) is 5.91 Å². The Balaban J connectivity index is 1.43. The number of anilines is 1. The Morgan fingerprint density at radius 2 is 1.89 bits per heavy atom. The normalized spacial score (nSPS) is 16.3. The summed E-state index contributed by atoms with van der Waals surface area (Å²) in [6.07, 6.45) is 1.32. The van der Waals surface area contributed by atoms with Gasteiger partial charge in [0, 0.05) is 32.0 Å². The molecule has 1 fully saturated rings. The van der Waals surface area contributed by atoms with E-state index < -0.39 is 0 Å². The molecule has 1 aliphatic heterocycles. The first-order valence-corrected chi connectivity index (χ1v) is 9.15. The summed E-state index contributed by atoms with van der Waals surface area (Å²) in [6, 6.07) is 17.1. The third-order valence-corrected chi connectivity index (χ3v) is 4.71. The van der Waals surface area contributed by atoms with Crippen molar-refractivity contribution in [3.05, 3.63) is 60.2 Å². The Kier molecular flexibility index (Phi) is 6.30. The van der Waals surface area contributed by atoms with Crippen molar-refractivity contribution < 1.29 is 14.3 Å². The maximum atomic E-state index is 12.2. The number of amides is 3. The van der Waals surface area contributed by atoms with Crippen LogP contribution in [0.25, 0.3) is 0 Å². The van der Waals surface area contributed by atoms with E-state index >= 15 is 0 Å². The molecule has 142 valence electrons. The van der Waals surface area contributed by atoms with Crippen LogP contribution in [0.2, 0.25) is 0 Å². The van der Waals surface area contributed by atoms with E-state index in [1.54, 1.807) is 19.2 Å². The largest absolute Gasteiger partial charge is 0.495 e. The molecule has 3 rings (SSSR count). The smallest absolute Gasteiger partial charge is 0.319 e. The van der Waals surface area contributed by atoms with Crippen molar-refractivity contribution in [1.82, 2.24) is 10.2 Å². The minimum Gasteiger partial charge on any atom is -0.495 e. The van der Waals surface area contributed by atoms with Crippen LogP contribution in [0.1, 0.15) is 12.0 Å². The summed E-state index contributed by atoms with van der Waals surface area (Å²) in [6.45, 7) is 1.86. The van der Waals surface area contributed by atoms with Gasteiger partial charge in [-0.05, 0) is 24.1 Å². The van der Waals surface area contributed by atoms with Crippen LogP contribution in [0.5, 0.6) is 5.75 Å². The molecule has 1 heterocycles. The molecule has 1 atom stereocenters. The first kappa shape index (κ1) is 18.8. The fourth-order valence-corrected chi connectivity index (χ4v) is 3.27. The number of hydrogen-bond donors (Lipinski definition) is 2. The predicted molar refractivity (Wildman–Crippen MR) is 105 cm³/mol. The molecule has 27 heavy (non-hydrogen) atoms. The number of urea groups is 1. The van der Waals surface area contributed by atoms with Crippen LogP contribution in [0.15, 0.2) is 54.6 Å². The Bertz CT molecular complexity index is 779. The lowest BCUT2D eigenvalue weighted by molar-refractivity contribution is -0.127. The Labute approximate surface area is 159 Å². The van der Waals surface area contributed by atoms with Crippen LogP contribution in [-0.4, -0.2) is 43.6 Å². The molecule has 0 aliphatic carbocycles. The SMILES string of the molecule is COc1ccccc1NC(=O)NCC1CC(=O)N(CCc2ccccc2)C1. The average Bonchev–Trinajstić information content (AvgIpc) is 3.05. The summed E-state index contributed by atoms with van der Waals surface area (Å²) in [4.78, 5) is 26.2. The number of hydrogen-bond acceptors (Lipinski definition) is 3. The highest BCUT2D eigenvalue weighted by Crippen LogP contribution is 2.23. The van der Waals surface area contributed by atoms with Gasteiger partial charge in [0.15, 0.2) is 0 Å². The van der Waals surface area contributed by atoms with Crippen molar-refractivity contribution in [3.8, 4) is 5.75 Å². The summed E-state index contributed by atoms with van der Waals surface area (Å²) in [5.74, 6) is 0.898. The van der Waals surface area contributed by atoms with Gasteiger partial charge >= 0.3 is 6.03 Å². The van der Waals surface area contributed by atoms with E-state index in [-0.39, 0.29) is 17.9 Å². The molecule has 1 saturated heterocycles. The van der Waals surface area contributed by atoms with Gasteiger partial charge in [-0.3, -0.25) is 4.79 Å². The van der Waals surface area contributed by atoms with Gasteiger partial charge in [-0.15, -0.1) is 0 Å². The van der Waals surface area contributed by atoms with Gasteiger partial charge in [-0.1, -0.05) is 42.5 Å². The summed E-state index contributed by atoms with van der Waals surface area (Å²) in [5, 5.41) is 5.64. The number of carbonyl (C=O) groups is 2. The highest BCUT2D eigenvalue weighted by molar-refractivity contribution is 5.91. The van der Waals surface area contributed by atoms with Gasteiger partial charge < -0.3 is 20.3 Å². The van der Waals surface area contributed by atoms with Crippen molar-refractivity contribution in [2.75, 3.05) is 32.1 Å². The number of nitrogens with zero attached hydrogens (tertiary/aromatic N) is 1. The van der Waals surface area contributed by atoms with Crippen LogP contribution >= 0.6 is 0 Å². The molecule has 2 aromatic rings. The molecule has 2 N–H and O–H groups in total. The number of carbonyl (C=O) groups excluding carboxylic acids is 2. The minimum absolute atomic E-state index is 0.136. The third-order valence-electron chi connectivity index (χ3n) is 4.71. The number of methoxy groups -OCH3 is 1. The van der Waals surface area contributed by atoms with E-state index in [1.165, 1.54) is 5.56 Å². The Hall–Kier alpha value is -3.02. The van der Waals surface area contributed by atoms with Crippen LogP contribution in [0, 0.1) is 5.92 Å². The van der Waals surface area contributed by atoms with E-state index in [0.29, 0.717) is 37.5 Å². The number of nitrogens with one attached hydrogen (secondary N) is 2. The minimum atomic E-state index is -0.297. The summed E-state index contributed by atoms with van der Waals surface area (Å²) >= 11 is 0. The van der Waals surface area contributed by atoms with Crippen LogP contribution in [0.4, 0.5) is 10.5 Å². The van der Waals surface area contributed by atoms with Crippen molar-refractivity contribution in [3.63, 3.8) is 0 Å². The zero-order valence-electron chi connectivity index (χ0n) is 15.5. The second kappa shape index (κ2) is 9.07. The van der Waals surface area contributed by atoms with E-state index in [1.807, 2.05) is 35.2 Å². The second-order valence-electron chi connectivity index (χ2n) is 6.68.